The van der Waals surface area contributed by atoms with E-state index < -0.39 is 0 Å². The highest BCUT2D eigenvalue weighted by Crippen LogP contribution is 2.11. The first-order valence-corrected chi connectivity index (χ1v) is 10.5. The number of pyridine rings is 1. The minimum atomic E-state index is -0.0702. The lowest BCUT2D eigenvalue weighted by molar-refractivity contribution is 0.349. The summed E-state index contributed by atoms with van der Waals surface area (Å²) in [4.78, 5) is 27.1. The third-order valence-electron chi connectivity index (χ3n) is 5.65. The second-order valence-electron chi connectivity index (χ2n) is 7.67. The summed E-state index contributed by atoms with van der Waals surface area (Å²) in [5, 5.41) is 3.39. The van der Waals surface area contributed by atoms with Crippen molar-refractivity contribution in [2.75, 3.05) is 57.7 Å². The fourth-order valence-corrected chi connectivity index (χ4v) is 4.05. The highest BCUT2D eigenvalue weighted by Gasteiger charge is 2.14. The molecule has 0 amide bonds. The highest BCUT2D eigenvalue weighted by atomic mass is 16.1. The van der Waals surface area contributed by atoms with Gasteiger partial charge in [0.1, 0.15) is 17.0 Å². The molecule has 2 aromatic heterocycles. The van der Waals surface area contributed by atoms with Gasteiger partial charge in [-0.1, -0.05) is 6.07 Å². The maximum atomic E-state index is 13.0. The highest BCUT2D eigenvalue weighted by molar-refractivity contribution is 5.86. The molecule has 2 aliphatic rings. The lowest BCUT2D eigenvalue weighted by Crippen LogP contribution is -2.28. The summed E-state index contributed by atoms with van der Waals surface area (Å²) < 4.78 is 1.59. The van der Waals surface area contributed by atoms with Crippen molar-refractivity contribution in [1.82, 2.24) is 19.2 Å². The molecule has 2 aliphatic heterocycles. The van der Waals surface area contributed by atoms with E-state index in [0.29, 0.717) is 23.6 Å². The zero-order valence-electron chi connectivity index (χ0n) is 16.5. The van der Waals surface area contributed by atoms with Crippen molar-refractivity contribution in [2.24, 2.45) is 4.99 Å². The Morgan fingerprint density at radius 3 is 2.50 bits per heavy atom. The van der Waals surface area contributed by atoms with Crippen LogP contribution in [0.4, 0.5) is 5.82 Å². The quantitative estimate of drug-likeness (QED) is 0.704. The number of nitrogens with zero attached hydrogens (tertiary/aromatic N) is 5. The van der Waals surface area contributed by atoms with Gasteiger partial charge < -0.3 is 15.1 Å². The van der Waals surface area contributed by atoms with E-state index in [1.54, 1.807) is 16.8 Å². The lowest BCUT2D eigenvalue weighted by Gasteiger charge is -2.16. The van der Waals surface area contributed by atoms with Crippen LogP contribution in [0.3, 0.4) is 0 Å². The summed E-state index contributed by atoms with van der Waals surface area (Å²) in [6, 6.07) is 5.62. The minimum Gasteiger partial charge on any atom is -0.368 e. The van der Waals surface area contributed by atoms with E-state index in [-0.39, 0.29) is 5.56 Å². The predicted molar refractivity (Wildman–Crippen MR) is 114 cm³/mol. The van der Waals surface area contributed by atoms with Gasteiger partial charge in [-0.3, -0.25) is 14.2 Å². The van der Waals surface area contributed by atoms with Gasteiger partial charge in [-0.2, -0.15) is 0 Å². The Balaban J connectivity index is 1.49. The minimum absolute atomic E-state index is 0.0702. The smallest absolute Gasteiger partial charge is 0.268 e. The van der Waals surface area contributed by atoms with Crippen molar-refractivity contribution in [2.45, 2.75) is 25.7 Å². The molecule has 2 saturated heterocycles. The van der Waals surface area contributed by atoms with Gasteiger partial charge in [0, 0.05) is 32.0 Å². The Bertz CT molecular complexity index is 865. The van der Waals surface area contributed by atoms with Gasteiger partial charge in [0.25, 0.3) is 5.56 Å². The number of nitrogens with one attached hydrogen (secondary N) is 1. The molecule has 28 heavy (non-hydrogen) atoms. The first kappa shape index (κ1) is 19.1. The monoisotopic (exact) mass is 382 g/mol. The topological polar surface area (TPSA) is 65.2 Å². The van der Waals surface area contributed by atoms with Gasteiger partial charge in [0.15, 0.2) is 0 Å². The maximum Gasteiger partial charge on any atom is 0.268 e. The van der Waals surface area contributed by atoms with Crippen molar-refractivity contribution in [3.8, 4) is 0 Å². The zero-order chi connectivity index (χ0) is 19.2. The average molecular weight is 383 g/mol. The van der Waals surface area contributed by atoms with Gasteiger partial charge >= 0.3 is 0 Å². The van der Waals surface area contributed by atoms with E-state index >= 15 is 0 Å². The fourth-order valence-electron chi connectivity index (χ4n) is 4.05. The summed E-state index contributed by atoms with van der Waals surface area (Å²) in [7, 11) is 0. The number of fused-ring (bicyclic) bond motifs is 1. The van der Waals surface area contributed by atoms with E-state index in [9.17, 15) is 4.79 Å². The van der Waals surface area contributed by atoms with Crippen LogP contribution >= 0.6 is 0 Å². The molecule has 2 aromatic rings. The lowest BCUT2D eigenvalue weighted by atomic mass is 10.3. The molecule has 0 spiro atoms. The molecule has 2 fully saturated rings. The molecule has 1 N–H and O–H groups in total. The molecular weight excluding hydrogens is 352 g/mol. The molecule has 0 bridgehead atoms. The second-order valence-corrected chi connectivity index (χ2v) is 7.67. The molecular formula is C21H30N6O. The van der Waals surface area contributed by atoms with Gasteiger partial charge in [-0.15, -0.1) is 0 Å². The molecule has 150 valence electrons. The molecule has 4 heterocycles. The van der Waals surface area contributed by atoms with Gasteiger partial charge in [-0.25, -0.2) is 4.98 Å². The molecule has 0 aliphatic carbocycles. The van der Waals surface area contributed by atoms with Gasteiger partial charge in [0.2, 0.25) is 0 Å². The van der Waals surface area contributed by atoms with E-state index in [2.05, 4.69) is 25.1 Å². The Kier molecular flexibility index (Phi) is 6.34. The van der Waals surface area contributed by atoms with Crippen molar-refractivity contribution in [1.29, 1.82) is 0 Å². The largest absolute Gasteiger partial charge is 0.368 e. The van der Waals surface area contributed by atoms with Crippen LogP contribution in [0.5, 0.6) is 0 Å². The SMILES string of the molecule is O=c1c(C=NCCN2CCCC2)c(NCCN2CCCC2)nc2ccccn12. The van der Waals surface area contributed by atoms with E-state index in [0.717, 1.165) is 19.6 Å². The van der Waals surface area contributed by atoms with Crippen LogP contribution in [0.1, 0.15) is 31.2 Å². The molecule has 0 unspecified atom stereocenters. The normalized spacial score (nSPS) is 18.6. The number of aliphatic imine (C=N–C) groups is 1. The molecule has 0 radical (unpaired) electrons. The molecule has 7 heteroatoms. The number of rotatable bonds is 8. The summed E-state index contributed by atoms with van der Waals surface area (Å²) in [5.41, 5.74) is 1.14. The standard InChI is InChI=1S/C21H30N6O/c28-21-18(17-22-8-15-25-10-3-4-11-25)20(23-9-16-26-12-5-6-13-26)24-19-7-1-2-14-27(19)21/h1-2,7,14,17,23H,3-6,8-13,15-16H2. The third kappa shape index (κ3) is 4.59. The molecule has 0 aromatic carbocycles. The molecule has 0 saturated carbocycles. The van der Waals surface area contributed by atoms with Crippen molar-refractivity contribution >= 4 is 17.7 Å². The Hall–Kier alpha value is -2.25. The maximum absolute atomic E-state index is 13.0. The number of likely N-dealkylation sites (tertiary alicyclic amines) is 2. The Morgan fingerprint density at radius 2 is 1.75 bits per heavy atom. The van der Waals surface area contributed by atoms with Crippen molar-refractivity contribution < 1.29 is 0 Å². The van der Waals surface area contributed by atoms with E-state index in [1.807, 2.05) is 18.2 Å². The first-order valence-electron chi connectivity index (χ1n) is 10.5. The average Bonchev–Trinajstić information content (AvgIpc) is 3.41. The number of anilines is 1. The fraction of sp³-hybridized carbons (Fsp3) is 0.571. The molecule has 4 rings (SSSR count). The summed E-state index contributed by atoms with van der Waals surface area (Å²) >= 11 is 0. The van der Waals surface area contributed by atoms with E-state index in [4.69, 9.17) is 0 Å². The first-order chi connectivity index (χ1) is 13.8. The Morgan fingerprint density at radius 1 is 1.04 bits per heavy atom. The van der Waals surface area contributed by atoms with Crippen LogP contribution < -0.4 is 10.9 Å². The van der Waals surface area contributed by atoms with Gasteiger partial charge in [-0.05, 0) is 64.0 Å². The van der Waals surface area contributed by atoms with Crippen LogP contribution in [-0.4, -0.2) is 77.8 Å². The molecule has 7 nitrogen and oxygen atoms in total. The van der Waals surface area contributed by atoms with Crippen LogP contribution in [0.15, 0.2) is 34.2 Å². The summed E-state index contributed by atoms with van der Waals surface area (Å²) in [6.07, 6.45) is 8.60. The van der Waals surface area contributed by atoms with Crippen LogP contribution in [-0.2, 0) is 0 Å². The van der Waals surface area contributed by atoms with Crippen LogP contribution in [0.2, 0.25) is 0 Å². The number of hydrogen-bond donors (Lipinski definition) is 1. The van der Waals surface area contributed by atoms with Gasteiger partial charge in [0.05, 0.1) is 6.54 Å². The third-order valence-corrected chi connectivity index (χ3v) is 5.65. The number of hydrogen-bond acceptors (Lipinski definition) is 6. The second kappa shape index (κ2) is 9.30. The van der Waals surface area contributed by atoms with Crippen molar-refractivity contribution in [3.05, 3.63) is 40.3 Å². The summed E-state index contributed by atoms with van der Waals surface area (Å²) in [6.45, 7) is 8.09. The molecule has 0 atom stereocenters. The van der Waals surface area contributed by atoms with Crippen molar-refractivity contribution in [3.63, 3.8) is 0 Å². The van der Waals surface area contributed by atoms with E-state index in [1.165, 1.54) is 51.9 Å². The Labute approximate surface area is 166 Å². The van der Waals surface area contributed by atoms with Crippen LogP contribution in [0, 0.1) is 0 Å². The number of aromatic nitrogens is 2. The van der Waals surface area contributed by atoms with Crippen LogP contribution in [0.25, 0.3) is 5.65 Å². The summed E-state index contributed by atoms with van der Waals surface area (Å²) in [5.74, 6) is 0.639. The predicted octanol–water partition coefficient (Wildman–Crippen LogP) is 1.72. The zero-order valence-corrected chi connectivity index (χ0v) is 16.5.